The zero-order valence-corrected chi connectivity index (χ0v) is 10.4. The van der Waals surface area contributed by atoms with E-state index in [1.54, 1.807) is 20.8 Å². The van der Waals surface area contributed by atoms with Gasteiger partial charge in [-0.25, -0.2) is 9.59 Å². The first-order valence-corrected chi connectivity index (χ1v) is 5.58. The number of alkyl carbamates (subject to hydrolysis) is 1. The predicted octanol–water partition coefficient (Wildman–Crippen LogP) is 1.00. The molecule has 1 rings (SSSR count). The third kappa shape index (κ3) is 4.22. The Morgan fingerprint density at radius 2 is 2.12 bits per heavy atom. The summed E-state index contributed by atoms with van der Waals surface area (Å²) in [5.74, 6) is -1.07. The molecule has 1 aliphatic rings. The van der Waals surface area contributed by atoms with Gasteiger partial charge in [0, 0.05) is 6.42 Å². The zero-order valence-electron chi connectivity index (χ0n) is 10.4. The minimum absolute atomic E-state index is 0.274. The molecule has 0 aliphatic carbocycles. The molecule has 0 bridgehead atoms. The Bertz CT molecular complexity index is 291. The molecule has 1 unspecified atom stereocenters. The fraction of sp³-hybridized carbons (Fsp3) is 0.818. The van der Waals surface area contributed by atoms with Gasteiger partial charge < -0.3 is 19.9 Å². The van der Waals surface area contributed by atoms with Gasteiger partial charge in [0.1, 0.15) is 12.1 Å². The van der Waals surface area contributed by atoms with Crippen molar-refractivity contribution in [3.8, 4) is 0 Å². The number of aliphatic carboxylic acids is 1. The second kappa shape index (κ2) is 5.35. The highest BCUT2D eigenvalue weighted by Gasteiger charge is 2.33. The summed E-state index contributed by atoms with van der Waals surface area (Å²) in [6.45, 7) is 6.17. The molecule has 0 aromatic rings. The molecule has 2 N–H and O–H groups in total. The molecule has 6 nitrogen and oxygen atoms in total. The van der Waals surface area contributed by atoms with Gasteiger partial charge in [-0.1, -0.05) is 20.8 Å². The molecule has 1 aliphatic heterocycles. The number of hydrogen-bond donors (Lipinski definition) is 2. The molecule has 0 radical (unpaired) electrons. The number of rotatable bonds is 3. The summed E-state index contributed by atoms with van der Waals surface area (Å²) in [4.78, 5) is 22.5. The van der Waals surface area contributed by atoms with E-state index in [0.29, 0.717) is 19.6 Å². The van der Waals surface area contributed by atoms with Crippen LogP contribution in [0, 0.1) is 5.41 Å². The first kappa shape index (κ1) is 13.8. The second-order valence-electron chi connectivity index (χ2n) is 5.17. The normalized spacial score (nSPS) is 21.9. The molecule has 98 valence electrons. The monoisotopic (exact) mass is 245 g/mol. The minimum atomic E-state index is -1.07. The van der Waals surface area contributed by atoms with Gasteiger partial charge in [0.2, 0.25) is 0 Å². The number of nitrogens with one attached hydrogen (secondary N) is 1. The van der Waals surface area contributed by atoms with Crippen LogP contribution < -0.4 is 5.32 Å². The first-order chi connectivity index (χ1) is 7.80. The van der Waals surface area contributed by atoms with Gasteiger partial charge in [0.05, 0.1) is 13.2 Å². The number of hydrogen-bond acceptors (Lipinski definition) is 4. The van der Waals surface area contributed by atoms with Crippen LogP contribution in [-0.4, -0.2) is 42.5 Å². The molecule has 2 atom stereocenters. The van der Waals surface area contributed by atoms with Crippen molar-refractivity contribution in [1.82, 2.24) is 5.32 Å². The van der Waals surface area contributed by atoms with Gasteiger partial charge in [-0.2, -0.15) is 0 Å². The predicted molar refractivity (Wildman–Crippen MR) is 59.7 cm³/mol. The van der Waals surface area contributed by atoms with Crippen molar-refractivity contribution in [3.63, 3.8) is 0 Å². The van der Waals surface area contributed by atoms with Crippen LogP contribution in [-0.2, 0) is 14.3 Å². The highest BCUT2D eigenvalue weighted by Crippen LogP contribution is 2.19. The van der Waals surface area contributed by atoms with E-state index >= 15 is 0 Å². The Morgan fingerprint density at radius 1 is 1.47 bits per heavy atom. The van der Waals surface area contributed by atoms with Crippen LogP contribution in [0.15, 0.2) is 0 Å². The minimum Gasteiger partial charge on any atom is -0.480 e. The number of carbonyl (C=O) groups excluding carboxylic acids is 1. The summed E-state index contributed by atoms with van der Waals surface area (Å²) in [5, 5.41) is 11.4. The third-order valence-electron chi connectivity index (χ3n) is 2.54. The maximum Gasteiger partial charge on any atom is 0.408 e. The average Bonchev–Trinajstić information content (AvgIpc) is 2.64. The van der Waals surface area contributed by atoms with Crippen LogP contribution in [0.3, 0.4) is 0 Å². The van der Waals surface area contributed by atoms with Crippen molar-refractivity contribution in [2.75, 3.05) is 13.2 Å². The number of carboxylic acids is 1. The van der Waals surface area contributed by atoms with E-state index in [-0.39, 0.29) is 6.10 Å². The van der Waals surface area contributed by atoms with Crippen molar-refractivity contribution < 1.29 is 24.2 Å². The standard InChI is InChI=1S/C11H19NO5/c1-11(2,3)8(9(13)14)12-10(15)17-7-4-5-16-6-7/h7-8H,4-6H2,1-3H3,(H,12,15)(H,13,14)/t7-,8?/m0/s1. The third-order valence-corrected chi connectivity index (χ3v) is 2.54. The van der Waals surface area contributed by atoms with Gasteiger partial charge in [-0.15, -0.1) is 0 Å². The van der Waals surface area contributed by atoms with E-state index in [0.717, 1.165) is 0 Å². The molecule has 17 heavy (non-hydrogen) atoms. The first-order valence-electron chi connectivity index (χ1n) is 5.58. The highest BCUT2D eigenvalue weighted by molar-refractivity contribution is 5.80. The van der Waals surface area contributed by atoms with Gasteiger partial charge in [-0.05, 0) is 5.41 Å². The SMILES string of the molecule is CC(C)(C)C(NC(=O)O[C@H]1CCOC1)C(=O)O. The van der Waals surface area contributed by atoms with Crippen LogP contribution in [0.2, 0.25) is 0 Å². The zero-order chi connectivity index (χ0) is 13.1. The maximum atomic E-state index is 11.5. The smallest absolute Gasteiger partial charge is 0.408 e. The maximum absolute atomic E-state index is 11.5. The Balaban J connectivity index is 2.49. The summed E-state index contributed by atoms with van der Waals surface area (Å²) >= 11 is 0. The van der Waals surface area contributed by atoms with Crippen LogP contribution >= 0.6 is 0 Å². The quantitative estimate of drug-likeness (QED) is 0.774. The summed E-state index contributed by atoms with van der Waals surface area (Å²) < 4.78 is 10.1. The molecule has 0 spiro atoms. The Hall–Kier alpha value is -1.30. The van der Waals surface area contributed by atoms with Crippen molar-refractivity contribution in [2.45, 2.75) is 39.3 Å². The molecule has 6 heteroatoms. The Labute approximate surface area is 100 Å². The fourth-order valence-corrected chi connectivity index (χ4v) is 1.56. The fourth-order valence-electron chi connectivity index (χ4n) is 1.56. The lowest BCUT2D eigenvalue weighted by Crippen LogP contribution is -2.49. The lowest BCUT2D eigenvalue weighted by molar-refractivity contribution is -0.142. The van der Waals surface area contributed by atoms with Gasteiger partial charge in [-0.3, -0.25) is 0 Å². The summed E-state index contributed by atoms with van der Waals surface area (Å²) in [5.41, 5.74) is -0.572. The molecule has 0 aromatic carbocycles. The molecule has 0 saturated carbocycles. The molecule has 1 fully saturated rings. The van der Waals surface area contributed by atoms with E-state index in [9.17, 15) is 9.59 Å². The summed E-state index contributed by atoms with van der Waals surface area (Å²) in [7, 11) is 0. The molecule has 1 heterocycles. The number of carboxylic acid groups (broad SMARTS) is 1. The van der Waals surface area contributed by atoms with Gasteiger partial charge >= 0.3 is 12.1 Å². The number of ether oxygens (including phenoxy) is 2. The summed E-state index contributed by atoms with van der Waals surface area (Å²) in [6.07, 6.45) is -0.326. The van der Waals surface area contributed by atoms with Crippen molar-refractivity contribution >= 4 is 12.1 Å². The van der Waals surface area contributed by atoms with Crippen molar-refractivity contribution in [3.05, 3.63) is 0 Å². The van der Waals surface area contributed by atoms with Crippen LogP contribution in [0.25, 0.3) is 0 Å². The van der Waals surface area contributed by atoms with Gasteiger partial charge in [0.15, 0.2) is 0 Å². The van der Waals surface area contributed by atoms with E-state index < -0.39 is 23.5 Å². The lowest BCUT2D eigenvalue weighted by Gasteiger charge is -2.27. The van der Waals surface area contributed by atoms with E-state index in [2.05, 4.69) is 5.32 Å². The number of carbonyl (C=O) groups is 2. The van der Waals surface area contributed by atoms with Crippen LogP contribution in [0.4, 0.5) is 4.79 Å². The Kier molecular flexibility index (Phi) is 4.34. The topological polar surface area (TPSA) is 84.9 Å². The molecule has 1 amide bonds. The van der Waals surface area contributed by atoms with Crippen molar-refractivity contribution in [1.29, 1.82) is 0 Å². The lowest BCUT2D eigenvalue weighted by atomic mass is 9.87. The average molecular weight is 245 g/mol. The largest absolute Gasteiger partial charge is 0.480 e. The van der Waals surface area contributed by atoms with Gasteiger partial charge in [0.25, 0.3) is 0 Å². The summed E-state index contributed by atoms with van der Waals surface area (Å²) in [6, 6.07) is -0.975. The van der Waals surface area contributed by atoms with E-state index in [4.69, 9.17) is 14.6 Å². The van der Waals surface area contributed by atoms with Crippen LogP contribution in [0.1, 0.15) is 27.2 Å². The molecule has 0 aromatic heterocycles. The molecular weight excluding hydrogens is 226 g/mol. The van der Waals surface area contributed by atoms with Crippen LogP contribution in [0.5, 0.6) is 0 Å². The highest BCUT2D eigenvalue weighted by atomic mass is 16.6. The number of amides is 1. The Morgan fingerprint density at radius 3 is 2.53 bits per heavy atom. The molecular formula is C11H19NO5. The van der Waals surface area contributed by atoms with Crippen molar-refractivity contribution in [2.24, 2.45) is 5.41 Å². The van der Waals surface area contributed by atoms with E-state index in [1.165, 1.54) is 0 Å². The second-order valence-corrected chi connectivity index (χ2v) is 5.17. The molecule has 1 saturated heterocycles. The van der Waals surface area contributed by atoms with E-state index in [1.807, 2.05) is 0 Å².